The Hall–Kier alpha value is -2.12. The average molecular weight is 400 g/mol. The molecular formula is C20H21N3O2S2. The van der Waals surface area contributed by atoms with Crippen LogP contribution in [0.5, 0.6) is 0 Å². The highest BCUT2D eigenvalue weighted by atomic mass is 32.2. The number of fused-ring (bicyclic) bond motifs is 3. The van der Waals surface area contributed by atoms with E-state index in [2.05, 4.69) is 12.2 Å². The molecule has 1 N–H and O–H groups in total. The highest BCUT2D eigenvalue weighted by Crippen LogP contribution is 2.36. The molecule has 27 heavy (non-hydrogen) atoms. The number of hydrogen-bond donors (Lipinski definition) is 1. The van der Waals surface area contributed by atoms with Gasteiger partial charge in [-0.3, -0.25) is 14.2 Å². The lowest BCUT2D eigenvalue weighted by molar-refractivity contribution is -0.118. The molecule has 1 amide bonds. The second kappa shape index (κ2) is 7.48. The molecule has 4 rings (SSSR count). The quantitative estimate of drug-likeness (QED) is 0.539. The summed E-state index contributed by atoms with van der Waals surface area (Å²) in [6, 6.07) is 9.54. The van der Waals surface area contributed by atoms with Crippen LogP contribution in [0.15, 0.2) is 40.3 Å². The van der Waals surface area contributed by atoms with Crippen molar-refractivity contribution in [2.75, 3.05) is 12.8 Å². The first-order valence-electron chi connectivity index (χ1n) is 9.04. The number of hydrogen-bond acceptors (Lipinski definition) is 5. The molecule has 1 aliphatic carbocycles. The molecule has 0 radical (unpaired) electrons. The largest absolute Gasteiger partial charge is 0.358 e. The van der Waals surface area contributed by atoms with E-state index < -0.39 is 0 Å². The van der Waals surface area contributed by atoms with Gasteiger partial charge in [-0.05, 0) is 42.9 Å². The molecule has 1 aliphatic rings. The van der Waals surface area contributed by atoms with Gasteiger partial charge in [0, 0.05) is 11.9 Å². The van der Waals surface area contributed by atoms with E-state index in [1.165, 1.54) is 22.2 Å². The fourth-order valence-corrected chi connectivity index (χ4v) is 5.78. The molecule has 0 saturated heterocycles. The van der Waals surface area contributed by atoms with Gasteiger partial charge in [-0.15, -0.1) is 11.3 Å². The highest BCUT2D eigenvalue weighted by molar-refractivity contribution is 7.99. The number of rotatable bonds is 4. The summed E-state index contributed by atoms with van der Waals surface area (Å²) in [5.41, 5.74) is 1.93. The summed E-state index contributed by atoms with van der Waals surface area (Å²) in [7, 11) is 1.61. The van der Waals surface area contributed by atoms with Crippen molar-refractivity contribution in [1.82, 2.24) is 14.9 Å². The number of para-hydroxylation sites is 1. The molecule has 1 aromatic carbocycles. The van der Waals surface area contributed by atoms with Gasteiger partial charge in [0.15, 0.2) is 5.16 Å². The predicted octanol–water partition coefficient (Wildman–Crippen LogP) is 3.41. The highest BCUT2D eigenvalue weighted by Gasteiger charge is 2.25. The molecular weight excluding hydrogens is 378 g/mol. The number of thioether (sulfide) groups is 1. The Morgan fingerprint density at radius 2 is 2.15 bits per heavy atom. The Morgan fingerprint density at radius 1 is 1.37 bits per heavy atom. The molecule has 0 spiro atoms. The minimum absolute atomic E-state index is 0.0299. The van der Waals surface area contributed by atoms with E-state index in [0.717, 1.165) is 35.2 Å². The van der Waals surface area contributed by atoms with Crippen LogP contribution >= 0.6 is 23.1 Å². The van der Waals surface area contributed by atoms with Crippen molar-refractivity contribution < 1.29 is 4.79 Å². The van der Waals surface area contributed by atoms with E-state index in [0.29, 0.717) is 11.1 Å². The smallest absolute Gasteiger partial charge is 0.267 e. The van der Waals surface area contributed by atoms with E-state index >= 15 is 0 Å². The molecule has 7 heteroatoms. The molecule has 0 bridgehead atoms. The molecule has 1 unspecified atom stereocenters. The summed E-state index contributed by atoms with van der Waals surface area (Å²) < 4.78 is 1.65. The minimum Gasteiger partial charge on any atom is -0.358 e. The van der Waals surface area contributed by atoms with Gasteiger partial charge in [-0.25, -0.2) is 4.98 Å². The summed E-state index contributed by atoms with van der Waals surface area (Å²) in [5, 5.41) is 3.94. The van der Waals surface area contributed by atoms with Crippen molar-refractivity contribution >= 4 is 39.2 Å². The predicted molar refractivity (Wildman–Crippen MR) is 111 cm³/mol. The summed E-state index contributed by atoms with van der Waals surface area (Å²) in [6.45, 7) is 2.26. The summed E-state index contributed by atoms with van der Waals surface area (Å²) in [4.78, 5) is 32.1. The fraction of sp³-hybridized carbons (Fsp3) is 0.350. The Bertz CT molecular complexity index is 1060. The third-order valence-corrected chi connectivity index (χ3v) is 7.01. The minimum atomic E-state index is -0.0896. The maximum absolute atomic E-state index is 13.5. The monoisotopic (exact) mass is 399 g/mol. The standard InChI is InChI=1S/C20H21N3O2S2/c1-12-8-9-14-15(10-12)27-18-17(14)19(25)23(13-6-4-3-5-7-13)20(22-18)26-11-16(24)21-2/h3-7,12H,8-11H2,1-2H3,(H,21,24). The van der Waals surface area contributed by atoms with Crippen LogP contribution < -0.4 is 10.9 Å². The van der Waals surface area contributed by atoms with Gasteiger partial charge in [-0.1, -0.05) is 36.9 Å². The zero-order valence-electron chi connectivity index (χ0n) is 15.3. The van der Waals surface area contributed by atoms with E-state index in [1.807, 2.05) is 30.3 Å². The molecule has 0 aliphatic heterocycles. The van der Waals surface area contributed by atoms with Crippen molar-refractivity contribution in [2.45, 2.75) is 31.3 Å². The van der Waals surface area contributed by atoms with Gasteiger partial charge >= 0.3 is 0 Å². The van der Waals surface area contributed by atoms with Crippen LogP contribution in [0.2, 0.25) is 0 Å². The normalized spacial score (nSPS) is 16.3. The fourth-order valence-electron chi connectivity index (χ4n) is 3.48. The molecule has 3 aromatic rings. The van der Waals surface area contributed by atoms with E-state index in [1.54, 1.807) is 23.0 Å². The number of carbonyl (C=O) groups excluding carboxylic acids is 1. The molecule has 1 atom stereocenters. The van der Waals surface area contributed by atoms with Crippen LogP contribution in [0.25, 0.3) is 15.9 Å². The van der Waals surface area contributed by atoms with Crippen LogP contribution in [0.1, 0.15) is 23.8 Å². The lowest BCUT2D eigenvalue weighted by Crippen LogP contribution is -2.24. The first-order valence-corrected chi connectivity index (χ1v) is 10.8. The Labute approximate surface area is 165 Å². The van der Waals surface area contributed by atoms with Gasteiger partial charge in [0.25, 0.3) is 5.56 Å². The van der Waals surface area contributed by atoms with Crippen molar-refractivity contribution in [1.29, 1.82) is 0 Å². The second-order valence-electron chi connectivity index (χ2n) is 6.86. The lowest BCUT2D eigenvalue weighted by Gasteiger charge is -2.17. The maximum Gasteiger partial charge on any atom is 0.267 e. The Morgan fingerprint density at radius 3 is 2.89 bits per heavy atom. The number of nitrogens with one attached hydrogen (secondary N) is 1. The molecule has 0 fully saturated rings. The van der Waals surface area contributed by atoms with Crippen molar-refractivity contribution in [3.63, 3.8) is 0 Å². The molecule has 0 saturated carbocycles. The Balaban J connectivity index is 1.92. The van der Waals surface area contributed by atoms with Crippen molar-refractivity contribution in [2.24, 2.45) is 5.92 Å². The van der Waals surface area contributed by atoms with E-state index in [4.69, 9.17) is 4.98 Å². The van der Waals surface area contributed by atoms with Gasteiger partial charge in [0.2, 0.25) is 5.91 Å². The summed E-state index contributed by atoms with van der Waals surface area (Å²) >= 11 is 2.93. The number of benzene rings is 1. The number of carbonyl (C=O) groups is 1. The van der Waals surface area contributed by atoms with Crippen molar-refractivity contribution in [3.8, 4) is 5.69 Å². The average Bonchev–Trinajstić information content (AvgIpc) is 3.04. The van der Waals surface area contributed by atoms with Crippen LogP contribution in [-0.2, 0) is 17.6 Å². The zero-order chi connectivity index (χ0) is 19.0. The van der Waals surface area contributed by atoms with Crippen molar-refractivity contribution in [3.05, 3.63) is 51.1 Å². The van der Waals surface area contributed by atoms with Gasteiger partial charge < -0.3 is 5.32 Å². The number of amides is 1. The van der Waals surface area contributed by atoms with Crippen LogP contribution in [0.3, 0.4) is 0 Å². The van der Waals surface area contributed by atoms with E-state index in [9.17, 15) is 9.59 Å². The number of aryl methyl sites for hydroxylation is 1. The van der Waals surface area contributed by atoms with Gasteiger partial charge in [0.05, 0.1) is 16.8 Å². The van der Waals surface area contributed by atoms with E-state index in [-0.39, 0.29) is 17.2 Å². The topological polar surface area (TPSA) is 64.0 Å². The number of thiophene rings is 1. The van der Waals surface area contributed by atoms with Crippen LogP contribution in [-0.4, -0.2) is 28.3 Å². The van der Waals surface area contributed by atoms with Crippen LogP contribution in [0, 0.1) is 5.92 Å². The maximum atomic E-state index is 13.5. The number of nitrogens with zero attached hydrogens (tertiary/aromatic N) is 2. The summed E-state index contributed by atoms with van der Waals surface area (Å²) in [5.74, 6) is 0.779. The summed E-state index contributed by atoms with van der Waals surface area (Å²) in [6.07, 6.45) is 3.06. The molecule has 2 heterocycles. The van der Waals surface area contributed by atoms with Gasteiger partial charge in [-0.2, -0.15) is 0 Å². The molecule has 5 nitrogen and oxygen atoms in total. The third kappa shape index (κ3) is 3.41. The molecule has 2 aromatic heterocycles. The third-order valence-electron chi connectivity index (χ3n) is 4.92. The first kappa shape index (κ1) is 18.3. The first-order chi connectivity index (χ1) is 13.1. The SMILES string of the molecule is CNC(=O)CSc1nc2sc3c(c2c(=O)n1-c1ccccc1)CCC(C)C3. The molecule has 140 valence electrons. The lowest BCUT2D eigenvalue weighted by atomic mass is 9.89. The second-order valence-corrected chi connectivity index (χ2v) is 8.89. The zero-order valence-corrected chi connectivity index (χ0v) is 17.0. The van der Waals surface area contributed by atoms with Crippen LogP contribution in [0.4, 0.5) is 0 Å². The van der Waals surface area contributed by atoms with Gasteiger partial charge in [0.1, 0.15) is 4.83 Å². The Kier molecular flexibility index (Phi) is 5.06. The number of aromatic nitrogens is 2.